The lowest BCUT2D eigenvalue weighted by molar-refractivity contribution is -0.153. The molecule has 8 nitrogen and oxygen atoms in total. The number of nitrogens with one attached hydrogen (secondary N) is 1. The molecule has 1 N–H and O–H groups in total. The normalized spacial score (nSPS) is 12.3. The number of hydrogen-bond donors (Lipinski definition) is 1. The number of para-hydroxylation sites is 1. The van der Waals surface area contributed by atoms with E-state index in [2.05, 4.69) is 5.32 Å². The van der Waals surface area contributed by atoms with Gasteiger partial charge in [-0.25, -0.2) is 17.5 Å². The number of amides is 1. The maximum Gasteiger partial charge on any atom is 0.347 e. The van der Waals surface area contributed by atoms with Crippen LogP contribution >= 0.6 is 0 Å². The van der Waals surface area contributed by atoms with E-state index in [1.54, 1.807) is 24.3 Å². The van der Waals surface area contributed by atoms with Crippen molar-refractivity contribution >= 4 is 27.6 Å². The van der Waals surface area contributed by atoms with Crippen molar-refractivity contribution in [2.24, 2.45) is 0 Å². The lowest BCUT2D eigenvalue weighted by atomic mass is 10.3. The van der Waals surface area contributed by atoms with E-state index in [4.69, 9.17) is 9.47 Å². The second kappa shape index (κ2) is 9.34. The van der Waals surface area contributed by atoms with Crippen LogP contribution in [0.15, 0.2) is 59.5 Å². The molecule has 0 spiro atoms. The first-order chi connectivity index (χ1) is 13.2. The molecule has 0 aliphatic rings. The molecule has 0 aliphatic heterocycles. The molecule has 0 saturated carbocycles. The maximum atomic E-state index is 12.1. The van der Waals surface area contributed by atoms with Crippen molar-refractivity contribution in [2.45, 2.75) is 17.9 Å². The van der Waals surface area contributed by atoms with E-state index >= 15 is 0 Å². The molecule has 0 fully saturated rings. The maximum absolute atomic E-state index is 12.1. The molecular weight excluding hydrogens is 384 g/mol. The van der Waals surface area contributed by atoms with Gasteiger partial charge in [-0.1, -0.05) is 24.3 Å². The zero-order valence-corrected chi connectivity index (χ0v) is 16.6. The summed E-state index contributed by atoms with van der Waals surface area (Å²) in [6, 6.07) is 14.6. The molecule has 2 aromatic rings. The zero-order valence-electron chi connectivity index (χ0n) is 15.8. The Morgan fingerprint density at radius 2 is 1.75 bits per heavy atom. The van der Waals surface area contributed by atoms with Crippen molar-refractivity contribution in [3.63, 3.8) is 0 Å². The van der Waals surface area contributed by atoms with Gasteiger partial charge in [0, 0.05) is 19.8 Å². The van der Waals surface area contributed by atoms with Crippen molar-refractivity contribution in [3.05, 3.63) is 54.6 Å². The van der Waals surface area contributed by atoms with Gasteiger partial charge in [0.15, 0.2) is 12.7 Å². The van der Waals surface area contributed by atoms with Crippen molar-refractivity contribution in [3.8, 4) is 5.75 Å². The third-order valence-corrected chi connectivity index (χ3v) is 5.44. The molecule has 0 unspecified atom stereocenters. The Balaban J connectivity index is 1.89. The SMILES string of the molecule is C[C@H](Oc1ccccc1)C(=O)OCC(=O)Nc1cccc(S(=O)(=O)N(C)C)c1. The fourth-order valence-corrected chi connectivity index (χ4v) is 3.10. The van der Waals surface area contributed by atoms with Crippen molar-refractivity contribution < 1.29 is 27.5 Å². The molecule has 1 amide bonds. The Morgan fingerprint density at radius 1 is 1.07 bits per heavy atom. The predicted octanol–water partition coefficient (Wildman–Crippen LogP) is 1.89. The van der Waals surface area contributed by atoms with Crippen LogP contribution in [0.2, 0.25) is 0 Å². The van der Waals surface area contributed by atoms with Crippen molar-refractivity contribution in [1.29, 1.82) is 0 Å². The standard InChI is InChI=1S/C19H22N2O6S/c1-14(27-16-9-5-4-6-10-16)19(23)26-13-18(22)20-15-8-7-11-17(12-15)28(24,25)21(2)3/h4-12,14H,13H2,1-3H3,(H,20,22)/t14-/m0/s1. The quantitative estimate of drug-likeness (QED) is 0.672. The summed E-state index contributed by atoms with van der Waals surface area (Å²) >= 11 is 0. The highest BCUT2D eigenvalue weighted by Gasteiger charge is 2.19. The molecule has 0 aliphatic carbocycles. The molecule has 2 aromatic carbocycles. The Morgan fingerprint density at radius 3 is 2.39 bits per heavy atom. The number of benzene rings is 2. The first-order valence-corrected chi connectivity index (χ1v) is 9.85. The molecule has 0 radical (unpaired) electrons. The van der Waals surface area contributed by atoms with Gasteiger partial charge in [0.25, 0.3) is 5.91 Å². The van der Waals surface area contributed by atoms with Crippen LogP contribution in [0.4, 0.5) is 5.69 Å². The summed E-state index contributed by atoms with van der Waals surface area (Å²) in [6.07, 6.45) is -0.885. The number of hydrogen-bond acceptors (Lipinski definition) is 6. The van der Waals surface area contributed by atoms with E-state index in [9.17, 15) is 18.0 Å². The van der Waals surface area contributed by atoms with E-state index in [0.717, 1.165) is 4.31 Å². The topological polar surface area (TPSA) is 102 Å². The fraction of sp³-hybridized carbons (Fsp3) is 0.263. The van der Waals surface area contributed by atoms with Crippen LogP contribution in [-0.4, -0.2) is 51.4 Å². The van der Waals surface area contributed by atoms with Crippen molar-refractivity contribution in [1.82, 2.24) is 4.31 Å². The third-order valence-electron chi connectivity index (χ3n) is 3.63. The van der Waals surface area contributed by atoms with E-state index in [1.165, 1.54) is 45.3 Å². The van der Waals surface area contributed by atoms with Gasteiger partial charge < -0.3 is 14.8 Å². The summed E-state index contributed by atoms with van der Waals surface area (Å²) in [5.74, 6) is -0.780. The van der Waals surface area contributed by atoms with Gasteiger partial charge in [-0.15, -0.1) is 0 Å². The first-order valence-electron chi connectivity index (χ1n) is 8.41. The van der Waals surface area contributed by atoms with Gasteiger partial charge in [0.2, 0.25) is 10.0 Å². The van der Waals surface area contributed by atoms with Gasteiger partial charge in [-0.3, -0.25) is 4.79 Å². The Labute approximate surface area is 164 Å². The number of esters is 1. The van der Waals surface area contributed by atoms with Crippen LogP contribution in [0.25, 0.3) is 0 Å². The number of anilines is 1. The number of ether oxygens (including phenoxy) is 2. The highest BCUT2D eigenvalue weighted by Crippen LogP contribution is 2.18. The van der Waals surface area contributed by atoms with Crippen LogP contribution in [-0.2, 0) is 24.3 Å². The summed E-state index contributed by atoms with van der Waals surface area (Å²) in [4.78, 5) is 24.0. The summed E-state index contributed by atoms with van der Waals surface area (Å²) in [7, 11) is -0.791. The largest absolute Gasteiger partial charge is 0.479 e. The molecule has 0 heterocycles. The van der Waals surface area contributed by atoms with E-state index in [0.29, 0.717) is 5.75 Å². The first kappa shape index (κ1) is 21.4. The van der Waals surface area contributed by atoms with Crippen LogP contribution in [0, 0.1) is 0 Å². The summed E-state index contributed by atoms with van der Waals surface area (Å²) in [6.45, 7) is 0.995. The average Bonchev–Trinajstić information content (AvgIpc) is 2.67. The molecule has 28 heavy (non-hydrogen) atoms. The van der Waals surface area contributed by atoms with E-state index in [-0.39, 0.29) is 10.6 Å². The van der Waals surface area contributed by atoms with E-state index in [1.807, 2.05) is 6.07 Å². The summed E-state index contributed by atoms with van der Waals surface area (Å²) in [5, 5.41) is 2.50. The molecule has 2 rings (SSSR count). The van der Waals surface area contributed by atoms with Crippen LogP contribution in [0.1, 0.15) is 6.92 Å². The number of carbonyl (C=O) groups excluding carboxylic acids is 2. The summed E-state index contributed by atoms with van der Waals surface area (Å²) in [5.41, 5.74) is 0.276. The van der Waals surface area contributed by atoms with Gasteiger partial charge in [-0.05, 0) is 37.3 Å². The van der Waals surface area contributed by atoms with Crippen LogP contribution in [0.3, 0.4) is 0 Å². The highest BCUT2D eigenvalue weighted by molar-refractivity contribution is 7.89. The van der Waals surface area contributed by atoms with Gasteiger partial charge >= 0.3 is 5.97 Å². The average molecular weight is 406 g/mol. The molecule has 0 bridgehead atoms. The second-order valence-corrected chi connectivity index (χ2v) is 8.20. The van der Waals surface area contributed by atoms with Gasteiger partial charge in [0.1, 0.15) is 5.75 Å². The van der Waals surface area contributed by atoms with Crippen molar-refractivity contribution in [2.75, 3.05) is 26.0 Å². The molecule has 9 heteroatoms. The summed E-state index contributed by atoms with van der Waals surface area (Å²) < 4.78 is 35.7. The zero-order chi connectivity index (χ0) is 20.7. The number of carbonyl (C=O) groups is 2. The minimum absolute atomic E-state index is 0.0391. The monoisotopic (exact) mass is 406 g/mol. The number of rotatable bonds is 8. The number of sulfonamides is 1. The minimum Gasteiger partial charge on any atom is -0.479 e. The lowest BCUT2D eigenvalue weighted by Gasteiger charge is -2.14. The molecule has 0 saturated heterocycles. The molecule has 0 aromatic heterocycles. The van der Waals surface area contributed by atoms with Gasteiger partial charge in [0.05, 0.1) is 4.90 Å². The number of nitrogens with zero attached hydrogens (tertiary/aromatic N) is 1. The van der Waals surface area contributed by atoms with Crippen LogP contribution in [0.5, 0.6) is 5.75 Å². The molecule has 1 atom stereocenters. The Kier molecular flexibility index (Phi) is 7.13. The predicted molar refractivity (Wildman–Crippen MR) is 103 cm³/mol. The van der Waals surface area contributed by atoms with Crippen LogP contribution < -0.4 is 10.1 Å². The second-order valence-electron chi connectivity index (χ2n) is 6.04. The Hall–Kier alpha value is -2.91. The molecule has 150 valence electrons. The minimum atomic E-state index is -3.62. The van der Waals surface area contributed by atoms with Gasteiger partial charge in [-0.2, -0.15) is 0 Å². The Bertz CT molecular complexity index is 928. The highest BCUT2D eigenvalue weighted by atomic mass is 32.2. The smallest absolute Gasteiger partial charge is 0.347 e. The third kappa shape index (κ3) is 5.80. The molecular formula is C19H22N2O6S. The van der Waals surface area contributed by atoms with E-state index < -0.39 is 34.6 Å². The lowest BCUT2D eigenvalue weighted by Crippen LogP contribution is -2.29. The fourth-order valence-electron chi connectivity index (χ4n) is 2.15.